The number of thiazole rings is 1. The zero-order chi connectivity index (χ0) is 16.3. The molecule has 5 nitrogen and oxygen atoms in total. The molecule has 0 aliphatic carbocycles. The molecule has 0 saturated heterocycles. The summed E-state index contributed by atoms with van der Waals surface area (Å²) in [6.45, 7) is 6.34. The molecule has 0 aromatic carbocycles. The molecule has 0 amide bonds. The Hall–Kier alpha value is -1.86. The highest BCUT2D eigenvalue weighted by molar-refractivity contribution is 8.00. The number of nitrogens with one attached hydrogen (secondary N) is 1. The topological polar surface area (TPSA) is 63.8 Å². The summed E-state index contributed by atoms with van der Waals surface area (Å²) in [7, 11) is 0. The van der Waals surface area contributed by atoms with Crippen molar-refractivity contribution in [3.05, 3.63) is 48.4 Å². The Kier molecular flexibility index (Phi) is 4.68. The molecule has 0 unspecified atom stereocenters. The molecule has 3 aromatic heterocycles. The Bertz CT molecular complexity index is 762. The molecule has 0 aliphatic heterocycles. The Labute approximate surface area is 143 Å². The quantitative estimate of drug-likeness (QED) is 0.666. The molecular weight excluding hydrogens is 328 g/mol. The van der Waals surface area contributed by atoms with Crippen molar-refractivity contribution in [3.8, 4) is 0 Å². The number of hydrogen-bond acceptors (Lipinski definition) is 7. The summed E-state index contributed by atoms with van der Waals surface area (Å²) in [5, 5.41) is 4.02. The van der Waals surface area contributed by atoms with Crippen LogP contribution in [-0.4, -0.2) is 15.0 Å². The number of thioether (sulfide) groups is 1. The molecule has 0 bridgehead atoms. The van der Waals surface area contributed by atoms with Crippen molar-refractivity contribution in [2.75, 3.05) is 5.32 Å². The van der Waals surface area contributed by atoms with Gasteiger partial charge in [0.1, 0.15) is 11.6 Å². The Balaban J connectivity index is 1.58. The largest absolute Gasteiger partial charge is 0.444 e. The van der Waals surface area contributed by atoms with E-state index in [9.17, 15) is 0 Å². The predicted octanol–water partition coefficient (Wildman–Crippen LogP) is 4.86. The minimum Gasteiger partial charge on any atom is -0.444 e. The van der Waals surface area contributed by atoms with Crippen molar-refractivity contribution in [2.24, 2.45) is 0 Å². The van der Waals surface area contributed by atoms with Gasteiger partial charge in [-0.1, -0.05) is 38.2 Å². The van der Waals surface area contributed by atoms with E-state index in [0.29, 0.717) is 5.75 Å². The van der Waals surface area contributed by atoms with E-state index >= 15 is 0 Å². The first-order valence-corrected chi connectivity index (χ1v) is 9.03. The lowest BCUT2D eigenvalue weighted by atomic mass is 9.94. The van der Waals surface area contributed by atoms with Crippen LogP contribution in [0.3, 0.4) is 0 Å². The number of pyridine rings is 1. The van der Waals surface area contributed by atoms with Gasteiger partial charge >= 0.3 is 0 Å². The zero-order valence-electron chi connectivity index (χ0n) is 13.2. The van der Waals surface area contributed by atoms with Crippen LogP contribution in [0.5, 0.6) is 0 Å². The predicted molar refractivity (Wildman–Crippen MR) is 94.4 cm³/mol. The number of rotatable bonds is 5. The maximum absolute atomic E-state index is 5.80. The molecule has 0 atom stereocenters. The average Bonchev–Trinajstić information content (AvgIpc) is 3.15. The van der Waals surface area contributed by atoms with Gasteiger partial charge in [-0.05, 0) is 12.1 Å². The standard InChI is InChI=1S/C16H18N4OS2/c1-16(2,3)11-8-18-13(21-11)10-22-14-9-19-15(23-14)20-12-6-4-5-7-17-12/h4-9H,10H2,1-3H3,(H,17,19,20). The molecule has 0 saturated carbocycles. The summed E-state index contributed by atoms with van der Waals surface area (Å²) in [4.78, 5) is 12.9. The van der Waals surface area contributed by atoms with Crippen molar-refractivity contribution in [2.45, 2.75) is 36.1 Å². The van der Waals surface area contributed by atoms with Crippen molar-refractivity contribution in [3.63, 3.8) is 0 Å². The highest BCUT2D eigenvalue weighted by Crippen LogP contribution is 2.32. The van der Waals surface area contributed by atoms with E-state index in [4.69, 9.17) is 4.42 Å². The second kappa shape index (κ2) is 6.72. The number of oxazole rings is 1. The minimum atomic E-state index is -0.0137. The third kappa shape index (κ3) is 4.33. The van der Waals surface area contributed by atoms with Gasteiger partial charge in [-0.3, -0.25) is 0 Å². The van der Waals surface area contributed by atoms with Crippen LogP contribution in [0.2, 0.25) is 0 Å². The summed E-state index contributed by atoms with van der Waals surface area (Å²) < 4.78 is 6.91. The van der Waals surface area contributed by atoms with Crippen LogP contribution < -0.4 is 5.32 Å². The smallest absolute Gasteiger partial charge is 0.204 e. The molecule has 3 heterocycles. The van der Waals surface area contributed by atoms with Crippen molar-refractivity contribution >= 4 is 34.0 Å². The number of nitrogens with zero attached hydrogens (tertiary/aromatic N) is 3. The van der Waals surface area contributed by atoms with E-state index in [1.54, 1.807) is 29.3 Å². The highest BCUT2D eigenvalue weighted by atomic mass is 32.2. The Morgan fingerprint density at radius 1 is 1.17 bits per heavy atom. The molecule has 120 valence electrons. The maximum Gasteiger partial charge on any atom is 0.204 e. The lowest BCUT2D eigenvalue weighted by Gasteiger charge is -2.12. The summed E-state index contributed by atoms with van der Waals surface area (Å²) in [5.74, 6) is 3.14. The Morgan fingerprint density at radius 3 is 2.74 bits per heavy atom. The lowest BCUT2D eigenvalue weighted by molar-refractivity contribution is 0.391. The molecule has 1 N–H and O–H groups in total. The fraction of sp³-hybridized carbons (Fsp3) is 0.312. The molecule has 0 aliphatic rings. The fourth-order valence-corrected chi connectivity index (χ4v) is 3.52. The van der Waals surface area contributed by atoms with Crippen molar-refractivity contribution < 1.29 is 4.42 Å². The first kappa shape index (κ1) is 16.0. The SMILES string of the molecule is CC(C)(C)c1cnc(CSc2cnc(Nc3ccccn3)s2)o1. The molecule has 7 heteroatoms. The van der Waals surface area contributed by atoms with Crippen LogP contribution in [0.15, 0.2) is 45.4 Å². The van der Waals surface area contributed by atoms with E-state index in [1.165, 1.54) is 0 Å². The molecule has 23 heavy (non-hydrogen) atoms. The van der Waals surface area contributed by atoms with Gasteiger partial charge in [-0.2, -0.15) is 0 Å². The molecule has 0 radical (unpaired) electrons. The second-order valence-corrected chi connectivity index (χ2v) is 8.29. The lowest BCUT2D eigenvalue weighted by Crippen LogP contribution is -2.09. The zero-order valence-corrected chi connectivity index (χ0v) is 14.9. The minimum absolute atomic E-state index is 0.0137. The average molecular weight is 346 g/mol. The first-order valence-electron chi connectivity index (χ1n) is 7.22. The van der Waals surface area contributed by atoms with E-state index in [1.807, 2.05) is 30.6 Å². The van der Waals surface area contributed by atoms with Gasteiger partial charge in [-0.25, -0.2) is 15.0 Å². The summed E-state index contributed by atoms with van der Waals surface area (Å²) >= 11 is 3.26. The summed E-state index contributed by atoms with van der Waals surface area (Å²) in [6, 6.07) is 5.74. The number of hydrogen-bond donors (Lipinski definition) is 1. The number of anilines is 2. The molecule has 3 rings (SSSR count). The number of aromatic nitrogens is 3. The van der Waals surface area contributed by atoms with Crippen LogP contribution >= 0.6 is 23.1 Å². The maximum atomic E-state index is 5.80. The Morgan fingerprint density at radius 2 is 2.04 bits per heavy atom. The van der Waals surface area contributed by atoms with E-state index in [0.717, 1.165) is 26.8 Å². The van der Waals surface area contributed by atoms with Crippen LogP contribution in [0, 0.1) is 0 Å². The fourth-order valence-electron chi connectivity index (χ4n) is 1.79. The van der Waals surface area contributed by atoms with Gasteiger partial charge in [0.2, 0.25) is 5.89 Å². The summed E-state index contributed by atoms with van der Waals surface area (Å²) in [5.41, 5.74) is -0.0137. The van der Waals surface area contributed by atoms with Crippen LogP contribution in [0.1, 0.15) is 32.4 Å². The van der Waals surface area contributed by atoms with Gasteiger partial charge in [-0.15, -0.1) is 11.8 Å². The van der Waals surface area contributed by atoms with Gasteiger partial charge in [0, 0.05) is 11.6 Å². The third-order valence-electron chi connectivity index (χ3n) is 3.02. The van der Waals surface area contributed by atoms with Crippen molar-refractivity contribution in [1.82, 2.24) is 15.0 Å². The highest BCUT2D eigenvalue weighted by Gasteiger charge is 2.19. The molecule has 3 aromatic rings. The monoisotopic (exact) mass is 346 g/mol. The molecule has 0 spiro atoms. The molecular formula is C16H18N4OS2. The van der Waals surface area contributed by atoms with Crippen LogP contribution in [0.4, 0.5) is 10.9 Å². The van der Waals surface area contributed by atoms with Gasteiger partial charge in [0.15, 0.2) is 5.13 Å². The van der Waals surface area contributed by atoms with E-state index in [2.05, 4.69) is 41.0 Å². The van der Waals surface area contributed by atoms with Crippen LogP contribution in [-0.2, 0) is 11.2 Å². The molecule has 0 fully saturated rings. The van der Waals surface area contributed by atoms with Gasteiger partial charge < -0.3 is 9.73 Å². The van der Waals surface area contributed by atoms with E-state index < -0.39 is 0 Å². The summed E-state index contributed by atoms with van der Waals surface area (Å²) in [6.07, 6.45) is 5.42. The third-order valence-corrected chi connectivity index (χ3v) is 5.11. The van der Waals surface area contributed by atoms with Crippen LogP contribution in [0.25, 0.3) is 0 Å². The normalized spacial score (nSPS) is 11.6. The second-order valence-electron chi connectivity index (χ2n) is 5.98. The van der Waals surface area contributed by atoms with Crippen molar-refractivity contribution in [1.29, 1.82) is 0 Å². The van der Waals surface area contributed by atoms with Gasteiger partial charge in [0.05, 0.1) is 22.4 Å². The van der Waals surface area contributed by atoms with Gasteiger partial charge in [0.25, 0.3) is 0 Å². The van der Waals surface area contributed by atoms with E-state index in [-0.39, 0.29) is 5.41 Å². The first-order chi connectivity index (χ1) is 11.0.